The molecule has 0 aliphatic rings. The molecule has 0 aliphatic heterocycles. The highest BCUT2D eigenvalue weighted by molar-refractivity contribution is 9.10. The minimum absolute atomic E-state index is 0.110. The Bertz CT molecular complexity index is 648. The highest BCUT2D eigenvalue weighted by atomic mass is 79.9. The lowest BCUT2D eigenvalue weighted by atomic mass is 10.2. The summed E-state index contributed by atoms with van der Waals surface area (Å²) >= 11 is 3.32. The van der Waals surface area contributed by atoms with Gasteiger partial charge in [-0.05, 0) is 36.4 Å². The molecule has 0 unspecified atom stereocenters. The van der Waals surface area contributed by atoms with Gasteiger partial charge in [0.15, 0.2) is 6.61 Å². The van der Waals surface area contributed by atoms with E-state index < -0.39 is 0 Å². The first-order valence-electron chi connectivity index (χ1n) is 5.86. The van der Waals surface area contributed by atoms with Crippen molar-refractivity contribution in [3.05, 3.63) is 58.6 Å². The van der Waals surface area contributed by atoms with Crippen molar-refractivity contribution in [3.8, 4) is 11.8 Å². The van der Waals surface area contributed by atoms with Gasteiger partial charge in [-0.2, -0.15) is 5.26 Å². The van der Waals surface area contributed by atoms with Crippen molar-refractivity contribution in [1.82, 2.24) is 0 Å². The molecule has 0 saturated heterocycles. The Morgan fingerprint density at radius 3 is 2.60 bits per heavy atom. The van der Waals surface area contributed by atoms with Crippen molar-refractivity contribution in [3.63, 3.8) is 0 Å². The lowest BCUT2D eigenvalue weighted by Gasteiger charge is -2.08. The van der Waals surface area contributed by atoms with Crippen LogP contribution in [-0.2, 0) is 4.79 Å². The fraction of sp³-hybridized carbons (Fsp3) is 0.0667. The van der Waals surface area contributed by atoms with E-state index in [-0.39, 0.29) is 12.5 Å². The zero-order chi connectivity index (χ0) is 14.4. The second-order valence-electron chi connectivity index (χ2n) is 3.95. The number of nitriles is 1. The van der Waals surface area contributed by atoms with E-state index in [0.29, 0.717) is 17.0 Å². The molecule has 0 saturated carbocycles. The number of nitrogens with zero attached hydrogens (tertiary/aromatic N) is 1. The number of hydrogen-bond acceptors (Lipinski definition) is 3. The predicted molar refractivity (Wildman–Crippen MR) is 79.4 cm³/mol. The van der Waals surface area contributed by atoms with Gasteiger partial charge in [-0.15, -0.1) is 0 Å². The van der Waals surface area contributed by atoms with E-state index >= 15 is 0 Å². The maximum absolute atomic E-state index is 11.8. The fourth-order valence-corrected chi connectivity index (χ4v) is 1.82. The molecular formula is C15H11BrN2O2. The van der Waals surface area contributed by atoms with E-state index in [9.17, 15) is 4.79 Å². The van der Waals surface area contributed by atoms with E-state index in [2.05, 4.69) is 21.2 Å². The predicted octanol–water partition coefficient (Wildman–Crippen LogP) is 3.34. The van der Waals surface area contributed by atoms with Crippen LogP contribution in [0.4, 0.5) is 5.69 Å². The highest BCUT2D eigenvalue weighted by Gasteiger charge is 2.06. The monoisotopic (exact) mass is 330 g/mol. The van der Waals surface area contributed by atoms with Crippen LogP contribution in [0.5, 0.6) is 5.75 Å². The van der Waals surface area contributed by atoms with E-state index in [1.54, 1.807) is 36.4 Å². The molecule has 1 N–H and O–H groups in total. The average Bonchev–Trinajstić information content (AvgIpc) is 2.47. The molecule has 0 aromatic heterocycles. The molecule has 0 bridgehead atoms. The van der Waals surface area contributed by atoms with Crippen LogP contribution in [0, 0.1) is 11.3 Å². The van der Waals surface area contributed by atoms with Crippen LogP contribution in [0.25, 0.3) is 0 Å². The summed E-state index contributed by atoms with van der Waals surface area (Å²) in [7, 11) is 0. The maximum atomic E-state index is 11.8. The summed E-state index contributed by atoms with van der Waals surface area (Å²) in [5.74, 6) is 0.299. The number of carbonyl (C=O) groups is 1. The minimum Gasteiger partial charge on any atom is -0.484 e. The zero-order valence-electron chi connectivity index (χ0n) is 10.5. The highest BCUT2D eigenvalue weighted by Crippen LogP contribution is 2.16. The van der Waals surface area contributed by atoms with Gasteiger partial charge in [0.2, 0.25) is 0 Å². The van der Waals surface area contributed by atoms with Crippen LogP contribution in [0.15, 0.2) is 53.0 Å². The Morgan fingerprint density at radius 1 is 1.20 bits per heavy atom. The van der Waals surface area contributed by atoms with Crippen LogP contribution in [-0.4, -0.2) is 12.5 Å². The molecule has 2 aromatic rings. The number of halogens is 1. The molecule has 0 fully saturated rings. The molecule has 0 heterocycles. The Hall–Kier alpha value is -2.32. The van der Waals surface area contributed by atoms with Crippen LogP contribution < -0.4 is 10.1 Å². The molecule has 0 aliphatic carbocycles. The summed E-state index contributed by atoms with van der Waals surface area (Å²) in [5.41, 5.74) is 0.906. The van der Waals surface area contributed by atoms with E-state index in [4.69, 9.17) is 10.00 Å². The van der Waals surface area contributed by atoms with Gasteiger partial charge in [0.05, 0.1) is 11.3 Å². The van der Waals surface area contributed by atoms with Crippen molar-refractivity contribution in [2.75, 3.05) is 11.9 Å². The van der Waals surface area contributed by atoms with E-state index in [1.807, 2.05) is 18.2 Å². The topological polar surface area (TPSA) is 62.1 Å². The summed E-state index contributed by atoms with van der Waals surface area (Å²) in [6, 6.07) is 16.0. The fourth-order valence-electron chi connectivity index (χ4n) is 1.56. The quantitative estimate of drug-likeness (QED) is 0.935. The standard InChI is InChI=1S/C15H11BrN2O2/c16-12-5-7-13(8-6-12)20-10-15(19)18-14-4-2-1-3-11(14)9-17/h1-8H,10H2,(H,18,19). The second kappa shape index (κ2) is 6.73. The molecule has 0 atom stereocenters. The van der Waals surface area contributed by atoms with Gasteiger partial charge in [-0.3, -0.25) is 4.79 Å². The first kappa shape index (κ1) is 14.1. The van der Waals surface area contributed by atoms with Gasteiger partial charge in [0.25, 0.3) is 5.91 Å². The minimum atomic E-state index is -0.310. The van der Waals surface area contributed by atoms with Crippen LogP contribution in [0.1, 0.15) is 5.56 Å². The number of carbonyl (C=O) groups excluding carboxylic acids is 1. The molecule has 100 valence electrons. The van der Waals surface area contributed by atoms with Gasteiger partial charge >= 0.3 is 0 Å². The summed E-state index contributed by atoms with van der Waals surface area (Å²) in [6.45, 7) is -0.110. The molecular weight excluding hydrogens is 320 g/mol. The number of anilines is 1. The number of ether oxygens (including phenoxy) is 1. The van der Waals surface area contributed by atoms with E-state index in [1.165, 1.54) is 0 Å². The number of rotatable bonds is 4. The molecule has 1 amide bonds. The summed E-state index contributed by atoms with van der Waals surface area (Å²) < 4.78 is 6.29. The van der Waals surface area contributed by atoms with Crippen molar-refractivity contribution < 1.29 is 9.53 Å². The zero-order valence-corrected chi connectivity index (χ0v) is 12.1. The van der Waals surface area contributed by atoms with Gasteiger partial charge in [0.1, 0.15) is 11.8 Å². The third-order valence-electron chi connectivity index (χ3n) is 2.51. The Labute approximate surface area is 125 Å². The van der Waals surface area contributed by atoms with Crippen LogP contribution in [0.2, 0.25) is 0 Å². The molecule has 0 radical (unpaired) electrons. The lowest BCUT2D eigenvalue weighted by Crippen LogP contribution is -2.20. The largest absolute Gasteiger partial charge is 0.484 e. The number of amides is 1. The third kappa shape index (κ3) is 3.84. The smallest absolute Gasteiger partial charge is 0.262 e. The lowest BCUT2D eigenvalue weighted by molar-refractivity contribution is -0.118. The van der Waals surface area contributed by atoms with Gasteiger partial charge in [0, 0.05) is 4.47 Å². The van der Waals surface area contributed by atoms with Crippen molar-refractivity contribution in [2.24, 2.45) is 0 Å². The number of hydrogen-bond donors (Lipinski definition) is 1. The van der Waals surface area contributed by atoms with Crippen molar-refractivity contribution in [2.45, 2.75) is 0 Å². The molecule has 20 heavy (non-hydrogen) atoms. The average molecular weight is 331 g/mol. The van der Waals surface area contributed by atoms with E-state index in [0.717, 1.165) is 4.47 Å². The number of nitrogens with one attached hydrogen (secondary N) is 1. The number of benzene rings is 2. The first-order chi connectivity index (χ1) is 9.69. The Morgan fingerprint density at radius 2 is 1.90 bits per heavy atom. The molecule has 2 aromatic carbocycles. The summed E-state index contributed by atoms with van der Waals surface area (Å²) in [6.07, 6.45) is 0. The van der Waals surface area contributed by atoms with Crippen LogP contribution in [0.3, 0.4) is 0 Å². The normalized spacial score (nSPS) is 9.60. The summed E-state index contributed by atoms with van der Waals surface area (Å²) in [5, 5.41) is 11.6. The molecule has 5 heteroatoms. The first-order valence-corrected chi connectivity index (χ1v) is 6.65. The van der Waals surface area contributed by atoms with Crippen molar-refractivity contribution >= 4 is 27.5 Å². The van der Waals surface area contributed by atoms with Crippen LogP contribution >= 0.6 is 15.9 Å². The summed E-state index contributed by atoms with van der Waals surface area (Å²) in [4.78, 5) is 11.8. The van der Waals surface area contributed by atoms with Gasteiger partial charge in [-0.25, -0.2) is 0 Å². The Balaban J connectivity index is 1.93. The second-order valence-corrected chi connectivity index (χ2v) is 4.86. The maximum Gasteiger partial charge on any atom is 0.262 e. The van der Waals surface area contributed by atoms with Gasteiger partial charge < -0.3 is 10.1 Å². The third-order valence-corrected chi connectivity index (χ3v) is 3.03. The van der Waals surface area contributed by atoms with Crippen molar-refractivity contribution in [1.29, 1.82) is 5.26 Å². The SMILES string of the molecule is N#Cc1ccccc1NC(=O)COc1ccc(Br)cc1. The molecule has 4 nitrogen and oxygen atoms in total. The molecule has 0 spiro atoms. The van der Waals surface area contributed by atoms with Gasteiger partial charge in [-0.1, -0.05) is 28.1 Å². The molecule has 2 rings (SSSR count). The Kier molecular flexibility index (Phi) is 4.75. The number of para-hydroxylation sites is 1.